The second-order valence-corrected chi connectivity index (χ2v) is 6.81. The Labute approximate surface area is 164 Å². The fraction of sp³-hybridized carbons (Fsp3) is 0.250. The number of carbonyl (C=O) groups is 2. The highest BCUT2D eigenvalue weighted by Crippen LogP contribution is 2.13. The maximum atomic E-state index is 12.2. The molecule has 0 aromatic heterocycles. The lowest BCUT2D eigenvalue weighted by molar-refractivity contribution is 0.0934. The van der Waals surface area contributed by atoms with E-state index in [1.165, 1.54) is 0 Å². The number of amides is 2. The molecule has 2 amide bonds. The van der Waals surface area contributed by atoms with Gasteiger partial charge in [0.05, 0.1) is 6.61 Å². The van der Waals surface area contributed by atoms with Gasteiger partial charge in [-0.05, 0) is 61.0 Å². The summed E-state index contributed by atoms with van der Waals surface area (Å²) >= 11 is 5.04. The van der Waals surface area contributed by atoms with Crippen LogP contribution >= 0.6 is 12.2 Å². The first kappa shape index (κ1) is 20.4. The summed E-state index contributed by atoms with van der Waals surface area (Å²) in [6.45, 7) is 6.58. The van der Waals surface area contributed by atoms with Gasteiger partial charge >= 0.3 is 0 Å². The van der Waals surface area contributed by atoms with Crippen molar-refractivity contribution in [2.45, 2.75) is 20.8 Å². The van der Waals surface area contributed by atoms with Crippen LogP contribution in [-0.2, 0) is 0 Å². The lowest BCUT2D eigenvalue weighted by atomic mass is 10.1. The first-order chi connectivity index (χ1) is 12.9. The lowest BCUT2D eigenvalue weighted by Gasteiger charge is -2.12. The van der Waals surface area contributed by atoms with E-state index < -0.39 is 0 Å². The number of rotatable bonds is 5. The molecule has 27 heavy (non-hydrogen) atoms. The molecule has 2 aromatic carbocycles. The smallest absolute Gasteiger partial charge is 0.269 e. The Kier molecular flexibility index (Phi) is 7.31. The fourth-order valence-corrected chi connectivity index (χ4v) is 2.32. The van der Waals surface area contributed by atoms with E-state index in [1.54, 1.807) is 36.4 Å². The number of hydrogen-bond acceptors (Lipinski definition) is 4. The van der Waals surface area contributed by atoms with Gasteiger partial charge in [-0.2, -0.15) is 0 Å². The summed E-state index contributed by atoms with van der Waals surface area (Å²) < 4.78 is 5.58. The van der Waals surface area contributed by atoms with Crippen molar-refractivity contribution in [3.8, 4) is 5.75 Å². The van der Waals surface area contributed by atoms with Gasteiger partial charge < -0.3 is 4.74 Å². The molecule has 0 spiro atoms. The Hall–Kier alpha value is -2.93. The van der Waals surface area contributed by atoms with Crippen LogP contribution in [0.1, 0.15) is 40.1 Å². The summed E-state index contributed by atoms with van der Waals surface area (Å²) in [5.74, 6) is 0.409. The van der Waals surface area contributed by atoms with E-state index in [0.29, 0.717) is 29.4 Å². The zero-order valence-electron chi connectivity index (χ0n) is 15.5. The second kappa shape index (κ2) is 9.68. The van der Waals surface area contributed by atoms with E-state index in [4.69, 9.17) is 17.0 Å². The van der Waals surface area contributed by atoms with E-state index in [2.05, 4.69) is 30.0 Å². The van der Waals surface area contributed by atoms with Crippen LogP contribution in [0.3, 0.4) is 0 Å². The molecule has 0 aliphatic rings. The van der Waals surface area contributed by atoms with Crippen LogP contribution in [0.4, 0.5) is 0 Å². The van der Waals surface area contributed by atoms with Crippen molar-refractivity contribution in [2.75, 3.05) is 6.61 Å². The molecule has 0 saturated carbocycles. The van der Waals surface area contributed by atoms with Gasteiger partial charge in [-0.25, -0.2) is 0 Å². The van der Waals surface area contributed by atoms with Crippen molar-refractivity contribution in [2.24, 2.45) is 5.92 Å². The van der Waals surface area contributed by atoms with Crippen LogP contribution in [-0.4, -0.2) is 23.5 Å². The summed E-state index contributed by atoms with van der Waals surface area (Å²) in [5, 5.41) is 2.53. The third-order valence-electron chi connectivity index (χ3n) is 3.61. The molecule has 2 rings (SSSR count). The molecule has 3 N–H and O–H groups in total. The number of carbonyl (C=O) groups excluding carboxylic acids is 2. The standard InChI is InChI=1S/C20H23N3O3S/c1-13(2)12-26-16-10-8-15(9-11-16)18(24)22-23-20(27)21-19(25)17-7-5-4-6-14(17)3/h4-11,13H,12H2,1-3H3,(H,22,24)(H2,21,23,25,27). The Morgan fingerprint density at radius 3 is 2.30 bits per heavy atom. The van der Waals surface area contributed by atoms with Crippen LogP contribution < -0.4 is 20.9 Å². The molecule has 0 aliphatic heterocycles. The summed E-state index contributed by atoms with van der Waals surface area (Å²) in [5.41, 5.74) is 6.77. The number of thiocarbonyl (C=S) groups is 1. The van der Waals surface area contributed by atoms with E-state index in [1.807, 2.05) is 19.1 Å². The molecule has 0 unspecified atom stereocenters. The molecule has 0 fully saturated rings. The van der Waals surface area contributed by atoms with E-state index in [0.717, 1.165) is 5.56 Å². The van der Waals surface area contributed by atoms with Gasteiger partial charge in [-0.15, -0.1) is 0 Å². The Bertz CT molecular complexity index is 819. The minimum atomic E-state index is -0.377. The maximum Gasteiger partial charge on any atom is 0.269 e. The van der Waals surface area contributed by atoms with Crippen LogP contribution in [0.25, 0.3) is 0 Å². The first-order valence-electron chi connectivity index (χ1n) is 8.57. The van der Waals surface area contributed by atoms with Crippen molar-refractivity contribution in [3.05, 3.63) is 65.2 Å². The third kappa shape index (κ3) is 6.38. The largest absolute Gasteiger partial charge is 0.493 e. The highest BCUT2D eigenvalue weighted by Gasteiger charge is 2.11. The summed E-state index contributed by atoms with van der Waals surface area (Å²) in [6.07, 6.45) is 0. The van der Waals surface area contributed by atoms with Crippen molar-refractivity contribution < 1.29 is 14.3 Å². The number of hydrazine groups is 1. The van der Waals surface area contributed by atoms with Gasteiger partial charge in [0, 0.05) is 11.1 Å². The molecule has 6 nitrogen and oxygen atoms in total. The zero-order chi connectivity index (χ0) is 19.8. The number of aryl methyl sites for hydroxylation is 1. The predicted molar refractivity (Wildman–Crippen MR) is 109 cm³/mol. The molecule has 0 radical (unpaired) electrons. The number of ether oxygens (including phenoxy) is 1. The minimum Gasteiger partial charge on any atom is -0.493 e. The predicted octanol–water partition coefficient (Wildman–Crippen LogP) is 2.98. The Morgan fingerprint density at radius 2 is 1.67 bits per heavy atom. The lowest BCUT2D eigenvalue weighted by Crippen LogP contribution is -2.48. The van der Waals surface area contributed by atoms with Gasteiger partial charge in [0.2, 0.25) is 0 Å². The van der Waals surface area contributed by atoms with Crippen molar-refractivity contribution in [3.63, 3.8) is 0 Å². The quantitative estimate of drug-likeness (QED) is 0.545. The van der Waals surface area contributed by atoms with Gasteiger partial charge in [-0.1, -0.05) is 32.0 Å². The minimum absolute atomic E-state index is 0.00786. The number of benzene rings is 2. The molecule has 0 saturated heterocycles. The average molecular weight is 385 g/mol. The third-order valence-corrected chi connectivity index (χ3v) is 3.81. The molecule has 7 heteroatoms. The zero-order valence-corrected chi connectivity index (χ0v) is 16.4. The normalized spacial score (nSPS) is 10.2. The van der Waals surface area contributed by atoms with Crippen molar-refractivity contribution in [1.29, 1.82) is 0 Å². The highest BCUT2D eigenvalue weighted by atomic mass is 32.1. The summed E-state index contributed by atoms with van der Waals surface area (Å²) in [7, 11) is 0. The fourth-order valence-electron chi connectivity index (χ4n) is 2.18. The molecule has 142 valence electrons. The van der Waals surface area contributed by atoms with Gasteiger partial charge in [-0.3, -0.25) is 25.8 Å². The van der Waals surface area contributed by atoms with E-state index in [-0.39, 0.29) is 16.9 Å². The molecule has 0 aliphatic carbocycles. The molecule has 0 bridgehead atoms. The second-order valence-electron chi connectivity index (χ2n) is 6.41. The van der Waals surface area contributed by atoms with Crippen LogP contribution in [0.15, 0.2) is 48.5 Å². The Morgan fingerprint density at radius 1 is 1.00 bits per heavy atom. The van der Waals surface area contributed by atoms with E-state index in [9.17, 15) is 9.59 Å². The number of nitrogens with one attached hydrogen (secondary N) is 3. The van der Waals surface area contributed by atoms with Crippen molar-refractivity contribution in [1.82, 2.24) is 16.2 Å². The maximum absolute atomic E-state index is 12.2. The topological polar surface area (TPSA) is 79.5 Å². The monoisotopic (exact) mass is 385 g/mol. The van der Waals surface area contributed by atoms with Gasteiger partial charge in [0.1, 0.15) is 5.75 Å². The average Bonchev–Trinajstić information content (AvgIpc) is 2.65. The molecule has 0 atom stereocenters. The number of hydrogen-bond donors (Lipinski definition) is 3. The van der Waals surface area contributed by atoms with E-state index >= 15 is 0 Å². The van der Waals surface area contributed by atoms with Crippen molar-refractivity contribution >= 4 is 29.1 Å². The summed E-state index contributed by atoms with van der Waals surface area (Å²) in [6, 6.07) is 13.9. The summed E-state index contributed by atoms with van der Waals surface area (Å²) in [4.78, 5) is 24.3. The SMILES string of the molecule is Cc1ccccc1C(=O)NC(=S)NNC(=O)c1ccc(OCC(C)C)cc1. The van der Waals surface area contributed by atoms with Gasteiger partial charge in [0.25, 0.3) is 11.8 Å². The van der Waals surface area contributed by atoms with Crippen LogP contribution in [0.2, 0.25) is 0 Å². The van der Waals surface area contributed by atoms with Crippen LogP contribution in [0.5, 0.6) is 5.75 Å². The molecule has 0 heterocycles. The van der Waals surface area contributed by atoms with Crippen LogP contribution in [0, 0.1) is 12.8 Å². The Balaban J connectivity index is 1.83. The molecule has 2 aromatic rings. The highest BCUT2D eigenvalue weighted by molar-refractivity contribution is 7.80. The molecular weight excluding hydrogens is 362 g/mol. The first-order valence-corrected chi connectivity index (χ1v) is 8.98. The molecular formula is C20H23N3O3S. The van der Waals surface area contributed by atoms with Gasteiger partial charge in [0.15, 0.2) is 5.11 Å².